The first-order chi connectivity index (χ1) is 34.8. The van der Waals surface area contributed by atoms with Gasteiger partial charge in [-0.3, -0.25) is 9.59 Å². The number of benzene rings is 6. The zero-order valence-corrected chi connectivity index (χ0v) is 43.2. The lowest BCUT2D eigenvalue weighted by atomic mass is 10.0. The van der Waals surface area contributed by atoms with E-state index in [9.17, 15) is 23.5 Å². The molecule has 0 saturated heterocycles. The van der Waals surface area contributed by atoms with Crippen molar-refractivity contribution >= 4 is 44.9 Å². The van der Waals surface area contributed by atoms with E-state index >= 15 is 0 Å². The summed E-state index contributed by atoms with van der Waals surface area (Å²) < 4.78 is 31.8. The lowest BCUT2D eigenvalue weighted by Gasteiger charge is -2.21. The summed E-state index contributed by atoms with van der Waals surface area (Å²) in [6.07, 6.45) is 2.17. The molecule has 0 spiro atoms. The van der Waals surface area contributed by atoms with Gasteiger partial charge in [-0.2, -0.15) is 0 Å². The van der Waals surface area contributed by atoms with Crippen molar-refractivity contribution in [3.8, 4) is 44.8 Å². The van der Waals surface area contributed by atoms with Gasteiger partial charge in [0.05, 0.1) is 30.8 Å². The van der Waals surface area contributed by atoms with Gasteiger partial charge in [0, 0.05) is 47.1 Å². The van der Waals surface area contributed by atoms with Crippen molar-refractivity contribution in [1.29, 1.82) is 0 Å². The molecule has 0 aliphatic rings. The molecule has 372 valence electrons. The number of hydrogen-bond donors (Lipinski definition) is 1. The molecule has 8 nitrogen and oxygen atoms in total. The Balaban J connectivity index is 0.000000212. The molecule has 8 rings (SSSR count). The van der Waals surface area contributed by atoms with E-state index in [-0.39, 0.29) is 24.0 Å². The molecule has 2 heterocycles. The number of hydrogen-bond acceptors (Lipinski definition) is 9. The average molecular weight is 1010 g/mol. The van der Waals surface area contributed by atoms with Crippen LogP contribution in [0.2, 0.25) is 0 Å². The molecule has 0 amide bonds. The zero-order chi connectivity index (χ0) is 51.0. The van der Waals surface area contributed by atoms with E-state index in [1.807, 2.05) is 67.6 Å². The highest BCUT2D eigenvalue weighted by Crippen LogP contribution is 2.38. The number of carbonyl (C=O) groups is 2. The van der Waals surface area contributed by atoms with Crippen LogP contribution in [0.15, 0.2) is 158 Å². The van der Waals surface area contributed by atoms with E-state index in [1.54, 1.807) is 46.9 Å². The van der Waals surface area contributed by atoms with Crippen molar-refractivity contribution in [2.24, 2.45) is 11.8 Å². The molecule has 0 radical (unpaired) electrons. The summed E-state index contributed by atoms with van der Waals surface area (Å²) in [5.41, 5.74) is 10.3. The summed E-state index contributed by atoms with van der Waals surface area (Å²) in [5, 5.41) is 11.0. The fraction of sp³-hybridized carbons (Fsp3) is 0.267. The number of anilines is 2. The van der Waals surface area contributed by atoms with Gasteiger partial charge in [-0.15, -0.1) is 22.7 Å². The molecular weight excluding hydrogens is 943 g/mol. The van der Waals surface area contributed by atoms with Crippen LogP contribution in [0.4, 0.5) is 19.0 Å². The Morgan fingerprint density at radius 3 is 1.22 bits per heavy atom. The quantitative estimate of drug-likeness (QED) is 0.0711. The molecule has 0 fully saturated rings. The number of nitrogens with zero attached hydrogens (tertiary/aromatic N) is 4. The standard InChI is InChI=1S/C31H33FN2O2S.C29H29FN2O2S/c1-4-36-29(35)18-19-34(21-23-8-6-5-7-9-23)31-33-30(28(37-31)20-22(2)3)26-12-10-24(11-13-26)25-14-16-27(32)17-15-25;1-20(2)18-26-28(24-10-8-22(9-11-24)23-12-14-25(30)15-13-23)31-29(35-26)32(17-16-27(33)34)19-21-6-4-3-5-7-21/h5-17,22H,4,18-21H2,1-3H3;3-15,20H,16-19H2,1-2H3,(H,33,34). The number of thiazole rings is 2. The van der Waals surface area contributed by atoms with Crippen LogP contribution >= 0.6 is 22.7 Å². The van der Waals surface area contributed by atoms with Crippen molar-refractivity contribution in [3.63, 3.8) is 0 Å². The maximum Gasteiger partial charge on any atom is 0.307 e. The summed E-state index contributed by atoms with van der Waals surface area (Å²) in [4.78, 5) is 40.3. The van der Waals surface area contributed by atoms with Gasteiger partial charge < -0.3 is 19.6 Å². The van der Waals surface area contributed by atoms with Crippen LogP contribution in [0.1, 0.15) is 68.3 Å². The number of aromatic nitrogens is 2. The number of carbonyl (C=O) groups excluding carboxylic acids is 1. The van der Waals surface area contributed by atoms with Crippen LogP contribution in [0.25, 0.3) is 44.8 Å². The first kappa shape index (κ1) is 52.8. The van der Waals surface area contributed by atoms with Gasteiger partial charge in [-0.05, 0) is 89.2 Å². The van der Waals surface area contributed by atoms with Crippen LogP contribution in [0, 0.1) is 23.5 Å². The lowest BCUT2D eigenvalue weighted by molar-refractivity contribution is -0.143. The Morgan fingerprint density at radius 1 is 0.528 bits per heavy atom. The number of halogens is 2. The molecule has 6 aromatic carbocycles. The number of carboxylic acids is 1. The van der Waals surface area contributed by atoms with Crippen molar-refractivity contribution in [1.82, 2.24) is 9.97 Å². The van der Waals surface area contributed by atoms with Crippen LogP contribution < -0.4 is 9.80 Å². The molecule has 2 aromatic heterocycles. The van der Waals surface area contributed by atoms with E-state index in [0.29, 0.717) is 51.0 Å². The van der Waals surface area contributed by atoms with Gasteiger partial charge >= 0.3 is 11.9 Å². The largest absolute Gasteiger partial charge is 0.481 e. The van der Waals surface area contributed by atoms with Gasteiger partial charge in [-0.25, -0.2) is 18.7 Å². The zero-order valence-electron chi connectivity index (χ0n) is 41.6. The summed E-state index contributed by atoms with van der Waals surface area (Å²) in [5.74, 6) is -0.567. The minimum atomic E-state index is -0.821. The monoisotopic (exact) mass is 1000 g/mol. The van der Waals surface area contributed by atoms with Crippen LogP contribution in [0.5, 0.6) is 0 Å². The molecule has 1 N–H and O–H groups in total. The Hall–Kier alpha value is -7.02. The predicted octanol–water partition coefficient (Wildman–Crippen LogP) is 15.1. The third kappa shape index (κ3) is 15.2. The molecule has 0 saturated carbocycles. The fourth-order valence-electron chi connectivity index (χ4n) is 8.13. The fourth-order valence-corrected chi connectivity index (χ4v) is 10.8. The van der Waals surface area contributed by atoms with E-state index < -0.39 is 5.97 Å². The number of esters is 1. The molecule has 0 unspecified atom stereocenters. The van der Waals surface area contributed by atoms with Gasteiger partial charge in [0.2, 0.25) is 0 Å². The highest BCUT2D eigenvalue weighted by atomic mass is 32.1. The summed E-state index contributed by atoms with van der Waals surface area (Å²) in [6.45, 7) is 13.2. The van der Waals surface area contributed by atoms with Crippen molar-refractivity contribution in [2.45, 2.75) is 73.4 Å². The average Bonchev–Trinajstić information content (AvgIpc) is 3.99. The van der Waals surface area contributed by atoms with Crippen molar-refractivity contribution in [3.05, 3.63) is 190 Å². The van der Waals surface area contributed by atoms with Gasteiger partial charge in [0.1, 0.15) is 11.6 Å². The normalized spacial score (nSPS) is 11.1. The predicted molar refractivity (Wildman–Crippen MR) is 291 cm³/mol. The molecule has 0 aliphatic carbocycles. The molecule has 0 bridgehead atoms. The van der Waals surface area contributed by atoms with E-state index in [2.05, 4.69) is 86.0 Å². The molecule has 72 heavy (non-hydrogen) atoms. The SMILES string of the molecule is CC(C)Cc1sc(N(CCC(=O)O)Cc2ccccc2)nc1-c1ccc(-c2ccc(F)cc2)cc1.CCOC(=O)CCN(Cc1ccccc1)c1nc(-c2ccc(-c3ccc(F)cc3)cc2)c(CC(C)C)s1. The smallest absolute Gasteiger partial charge is 0.307 e. The van der Waals surface area contributed by atoms with E-state index in [4.69, 9.17) is 14.7 Å². The Labute approximate surface area is 430 Å². The second-order valence-electron chi connectivity index (χ2n) is 18.4. The van der Waals surface area contributed by atoms with Crippen LogP contribution in [-0.2, 0) is 40.3 Å². The van der Waals surface area contributed by atoms with E-state index in [1.165, 1.54) is 34.0 Å². The highest BCUT2D eigenvalue weighted by molar-refractivity contribution is 7.16. The Bertz CT molecular complexity index is 2940. The second kappa shape index (κ2) is 25.9. The Morgan fingerprint density at radius 2 is 0.875 bits per heavy atom. The topological polar surface area (TPSA) is 95.9 Å². The number of rotatable bonds is 21. The maximum atomic E-state index is 13.3. The van der Waals surface area contributed by atoms with Crippen LogP contribution in [0.3, 0.4) is 0 Å². The molecule has 8 aromatic rings. The number of aliphatic carboxylic acids is 1. The summed E-state index contributed by atoms with van der Waals surface area (Å²) in [7, 11) is 0. The van der Waals surface area contributed by atoms with Crippen molar-refractivity contribution < 1.29 is 28.2 Å². The number of ether oxygens (including phenoxy) is 1. The molecule has 0 atom stereocenters. The van der Waals surface area contributed by atoms with Crippen LogP contribution in [-0.4, -0.2) is 46.7 Å². The van der Waals surface area contributed by atoms with Crippen molar-refractivity contribution in [2.75, 3.05) is 29.5 Å². The van der Waals surface area contributed by atoms with Gasteiger partial charge in [-0.1, -0.05) is 161 Å². The first-order valence-electron chi connectivity index (χ1n) is 24.5. The molecular formula is C60H62F2N4O4S2. The number of carboxylic acid groups (broad SMARTS) is 1. The van der Waals surface area contributed by atoms with Gasteiger partial charge in [0.25, 0.3) is 0 Å². The first-order valence-corrected chi connectivity index (χ1v) is 26.1. The third-order valence-corrected chi connectivity index (χ3v) is 14.0. The molecule has 0 aliphatic heterocycles. The minimum Gasteiger partial charge on any atom is -0.481 e. The highest BCUT2D eigenvalue weighted by Gasteiger charge is 2.22. The maximum absolute atomic E-state index is 13.3. The second-order valence-corrected chi connectivity index (χ2v) is 20.5. The third-order valence-electron chi connectivity index (χ3n) is 11.7. The summed E-state index contributed by atoms with van der Waals surface area (Å²) >= 11 is 3.34. The summed E-state index contributed by atoms with van der Waals surface area (Å²) in [6, 6.07) is 49.8. The molecule has 12 heteroatoms. The van der Waals surface area contributed by atoms with E-state index in [0.717, 1.165) is 79.0 Å². The minimum absolute atomic E-state index is 0.0492. The van der Waals surface area contributed by atoms with Gasteiger partial charge in [0.15, 0.2) is 10.3 Å². The lowest BCUT2D eigenvalue weighted by Crippen LogP contribution is -2.26. The Kier molecular flexibility index (Phi) is 19.0.